The van der Waals surface area contributed by atoms with E-state index in [0.29, 0.717) is 17.0 Å². The van der Waals surface area contributed by atoms with E-state index in [-0.39, 0.29) is 30.5 Å². The van der Waals surface area contributed by atoms with Crippen LogP contribution in [-0.4, -0.2) is 17.5 Å². The number of hydrazone groups is 1. The third-order valence-corrected chi connectivity index (χ3v) is 3.52. The quantitative estimate of drug-likeness (QED) is 0.624. The van der Waals surface area contributed by atoms with Crippen LogP contribution in [0.4, 0.5) is 10.1 Å². The van der Waals surface area contributed by atoms with Gasteiger partial charge in [-0.3, -0.25) is 9.59 Å². The van der Waals surface area contributed by atoms with E-state index in [0.717, 1.165) is 5.56 Å². The monoisotopic (exact) mass is 341 g/mol. The maximum absolute atomic E-state index is 12.9. The van der Waals surface area contributed by atoms with Crippen LogP contribution in [0.2, 0.25) is 0 Å². The van der Waals surface area contributed by atoms with Crippen molar-refractivity contribution >= 4 is 23.2 Å². The van der Waals surface area contributed by atoms with Gasteiger partial charge in [0.15, 0.2) is 0 Å². The van der Waals surface area contributed by atoms with Crippen molar-refractivity contribution in [3.63, 3.8) is 0 Å². The molecule has 25 heavy (non-hydrogen) atoms. The van der Waals surface area contributed by atoms with E-state index in [1.165, 1.54) is 12.1 Å². The summed E-state index contributed by atoms with van der Waals surface area (Å²) in [7, 11) is 0. The molecule has 0 saturated heterocycles. The van der Waals surface area contributed by atoms with Crippen LogP contribution in [0.25, 0.3) is 0 Å². The molecule has 0 radical (unpaired) electrons. The number of carbonyl (C=O) groups is 2. The van der Waals surface area contributed by atoms with Crippen LogP contribution < -0.4 is 10.7 Å². The molecular weight excluding hydrogens is 321 g/mol. The third-order valence-electron chi connectivity index (χ3n) is 3.52. The van der Waals surface area contributed by atoms with Gasteiger partial charge in [0.25, 0.3) is 0 Å². The van der Waals surface area contributed by atoms with Crippen LogP contribution in [-0.2, 0) is 9.59 Å². The van der Waals surface area contributed by atoms with Crippen molar-refractivity contribution in [3.05, 3.63) is 65.5 Å². The summed E-state index contributed by atoms with van der Waals surface area (Å²) in [6, 6.07) is 13.2. The van der Waals surface area contributed by atoms with Gasteiger partial charge in [0.2, 0.25) is 11.8 Å². The zero-order valence-electron chi connectivity index (χ0n) is 14.2. The summed E-state index contributed by atoms with van der Waals surface area (Å²) in [6.45, 7) is 3.67. The Morgan fingerprint density at radius 3 is 2.20 bits per heavy atom. The number of rotatable bonds is 6. The summed E-state index contributed by atoms with van der Waals surface area (Å²) in [5.74, 6) is -0.932. The highest BCUT2D eigenvalue weighted by Crippen LogP contribution is 2.09. The molecule has 0 aromatic heterocycles. The number of halogens is 1. The summed E-state index contributed by atoms with van der Waals surface area (Å²) < 4.78 is 12.9. The van der Waals surface area contributed by atoms with Gasteiger partial charge in [-0.25, -0.2) is 9.82 Å². The maximum atomic E-state index is 12.9. The molecule has 0 atom stereocenters. The Hall–Kier alpha value is -3.02. The molecule has 0 aliphatic rings. The first kappa shape index (κ1) is 18.3. The highest BCUT2D eigenvalue weighted by molar-refractivity contribution is 5.99. The molecule has 2 amide bonds. The second-order valence-electron chi connectivity index (χ2n) is 5.65. The summed E-state index contributed by atoms with van der Waals surface area (Å²) in [4.78, 5) is 23.6. The molecule has 2 N–H and O–H groups in total. The molecule has 0 spiro atoms. The Balaban J connectivity index is 1.77. The molecule has 130 valence electrons. The SMILES string of the molecule is C/C(=N/NC(=O)CCC(=O)Nc1ccc(C)cc1)c1ccc(F)cc1. The number of hydrogen-bond donors (Lipinski definition) is 2. The Morgan fingerprint density at radius 2 is 1.56 bits per heavy atom. The molecule has 0 aliphatic carbocycles. The summed E-state index contributed by atoms with van der Waals surface area (Å²) in [6.07, 6.45) is 0.0860. The highest BCUT2D eigenvalue weighted by atomic mass is 19.1. The number of benzene rings is 2. The minimum absolute atomic E-state index is 0.0257. The number of nitrogens with one attached hydrogen (secondary N) is 2. The molecular formula is C19H20FN3O2. The first-order valence-corrected chi connectivity index (χ1v) is 7.89. The normalized spacial score (nSPS) is 11.1. The Bertz CT molecular complexity index is 768. The van der Waals surface area contributed by atoms with E-state index in [1.54, 1.807) is 19.1 Å². The van der Waals surface area contributed by atoms with Gasteiger partial charge in [-0.1, -0.05) is 29.8 Å². The largest absolute Gasteiger partial charge is 0.326 e. The van der Waals surface area contributed by atoms with Crippen molar-refractivity contribution in [2.45, 2.75) is 26.7 Å². The van der Waals surface area contributed by atoms with E-state index in [9.17, 15) is 14.0 Å². The topological polar surface area (TPSA) is 70.6 Å². The van der Waals surface area contributed by atoms with Gasteiger partial charge in [0.1, 0.15) is 5.82 Å². The second-order valence-corrected chi connectivity index (χ2v) is 5.65. The summed E-state index contributed by atoms with van der Waals surface area (Å²) in [5, 5.41) is 6.69. The molecule has 0 unspecified atom stereocenters. The van der Waals surface area contributed by atoms with Crippen LogP contribution in [0.15, 0.2) is 53.6 Å². The summed E-state index contributed by atoms with van der Waals surface area (Å²) >= 11 is 0. The standard InChI is InChI=1S/C19H20FN3O2/c1-13-3-9-17(10-4-13)21-18(24)11-12-19(25)23-22-14(2)15-5-7-16(20)8-6-15/h3-10H,11-12H2,1-2H3,(H,21,24)(H,23,25)/b22-14-. The summed E-state index contributed by atoms with van der Waals surface area (Å²) in [5.41, 5.74) is 5.46. The van der Waals surface area contributed by atoms with Crippen molar-refractivity contribution in [2.75, 3.05) is 5.32 Å². The Morgan fingerprint density at radius 1 is 0.960 bits per heavy atom. The average Bonchev–Trinajstić information content (AvgIpc) is 2.60. The van der Waals surface area contributed by atoms with E-state index >= 15 is 0 Å². The third kappa shape index (κ3) is 6.18. The van der Waals surface area contributed by atoms with E-state index < -0.39 is 0 Å². The number of anilines is 1. The lowest BCUT2D eigenvalue weighted by Gasteiger charge is -2.06. The zero-order valence-corrected chi connectivity index (χ0v) is 14.2. The highest BCUT2D eigenvalue weighted by Gasteiger charge is 2.07. The molecule has 2 aromatic carbocycles. The molecule has 2 rings (SSSR count). The number of carbonyl (C=O) groups excluding carboxylic acids is 2. The Kier molecular flexibility index (Phi) is 6.39. The van der Waals surface area contributed by atoms with Gasteiger partial charge in [-0.15, -0.1) is 0 Å². The maximum Gasteiger partial charge on any atom is 0.240 e. The molecule has 0 heterocycles. The van der Waals surface area contributed by atoms with Gasteiger partial charge < -0.3 is 5.32 Å². The van der Waals surface area contributed by atoms with Crippen LogP contribution in [0.3, 0.4) is 0 Å². The van der Waals surface area contributed by atoms with Crippen molar-refractivity contribution < 1.29 is 14.0 Å². The smallest absolute Gasteiger partial charge is 0.240 e. The zero-order chi connectivity index (χ0) is 18.2. The lowest BCUT2D eigenvalue weighted by atomic mass is 10.1. The van der Waals surface area contributed by atoms with Crippen molar-refractivity contribution in [1.29, 1.82) is 0 Å². The predicted octanol–water partition coefficient (Wildman–Crippen LogP) is 3.39. The predicted molar refractivity (Wildman–Crippen MR) is 95.8 cm³/mol. The van der Waals surface area contributed by atoms with E-state index in [4.69, 9.17) is 0 Å². The van der Waals surface area contributed by atoms with Crippen molar-refractivity contribution in [1.82, 2.24) is 5.43 Å². The molecule has 6 heteroatoms. The minimum Gasteiger partial charge on any atom is -0.326 e. The number of amides is 2. The van der Waals surface area contributed by atoms with Crippen LogP contribution in [0.1, 0.15) is 30.9 Å². The lowest BCUT2D eigenvalue weighted by molar-refractivity contribution is -0.124. The fourth-order valence-electron chi connectivity index (χ4n) is 2.05. The number of hydrogen-bond acceptors (Lipinski definition) is 3. The second kappa shape index (κ2) is 8.73. The van der Waals surface area contributed by atoms with Gasteiger partial charge >= 0.3 is 0 Å². The van der Waals surface area contributed by atoms with Crippen molar-refractivity contribution in [3.8, 4) is 0 Å². The molecule has 2 aromatic rings. The van der Waals surface area contributed by atoms with Gasteiger partial charge in [0, 0.05) is 18.5 Å². The average molecular weight is 341 g/mol. The van der Waals surface area contributed by atoms with E-state index in [2.05, 4.69) is 15.8 Å². The fourth-order valence-corrected chi connectivity index (χ4v) is 2.05. The molecule has 0 bridgehead atoms. The molecule has 0 aliphatic heterocycles. The van der Waals surface area contributed by atoms with Crippen LogP contribution in [0.5, 0.6) is 0 Å². The first-order valence-electron chi connectivity index (χ1n) is 7.89. The minimum atomic E-state index is -0.361. The fraction of sp³-hybridized carbons (Fsp3) is 0.211. The van der Waals surface area contributed by atoms with Crippen LogP contribution >= 0.6 is 0 Å². The van der Waals surface area contributed by atoms with Crippen LogP contribution in [0, 0.1) is 12.7 Å². The van der Waals surface area contributed by atoms with Gasteiger partial charge in [-0.05, 0) is 43.7 Å². The molecule has 0 saturated carbocycles. The van der Waals surface area contributed by atoms with E-state index in [1.807, 2.05) is 31.2 Å². The molecule has 5 nitrogen and oxygen atoms in total. The molecule has 0 fully saturated rings. The van der Waals surface area contributed by atoms with Crippen molar-refractivity contribution in [2.24, 2.45) is 5.10 Å². The first-order chi connectivity index (χ1) is 11.9. The number of nitrogens with zero attached hydrogens (tertiary/aromatic N) is 1. The number of aryl methyl sites for hydroxylation is 1. The van der Waals surface area contributed by atoms with Gasteiger partial charge in [0.05, 0.1) is 5.71 Å². The Labute approximate surface area is 145 Å². The van der Waals surface area contributed by atoms with Gasteiger partial charge in [-0.2, -0.15) is 5.10 Å². The lowest BCUT2D eigenvalue weighted by Crippen LogP contribution is -2.21.